The molecule has 1 aromatic heterocycles. The van der Waals surface area contributed by atoms with Gasteiger partial charge in [0.1, 0.15) is 5.82 Å². The summed E-state index contributed by atoms with van der Waals surface area (Å²) in [4.78, 5) is 4.31. The van der Waals surface area contributed by atoms with E-state index < -0.39 is 0 Å². The standard InChI is InChI=1S/C13H25N3/c1-11(2)13(3,4)10-14-7-6-12-15-8-9-16(12)5/h8-9,11,14H,6-7,10H2,1-5H3. The number of nitrogens with zero attached hydrogens (tertiary/aromatic N) is 2. The van der Waals surface area contributed by atoms with Crippen LogP contribution < -0.4 is 5.32 Å². The van der Waals surface area contributed by atoms with Crippen LogP contribution in [0.4, 0.5) is 0 Å². The van der Waals surface area contributed by atoms with Gasteiger partial charge in [-0.05, 0) is 11.3 Å². The quantitative estimate of drug-likeness (QED) is 0.750. The average Bonchev–Trinajstić information content (AvgIpc) is 2.59. The van der Waals surface area contributed by atoms with Crippen LogP contribution >= 0.6 is 0 Å². The molecule has 3 nitrogen and oxygen atoms in total. The van der Waals surface area contributed by atoms with Gasteiger partial charge in [-0.1, -0.05) is 27.7 Å². The van der Waals surface area contributed by atoms with Gasteiger partial charge >= 0.3 is 0 Å². The van der Waals surface area contributed by atoms with Crippen LogP contribution in [0.3, 0.4) is 0 Å². The summed E-state index contributed by atoms with van der Waals surface area (Å²) in [5, 5.41) is 3.52. The molecule has 0 aliphatic rings. The summed E-state index contributed by atoms with van der Waals surface area (Å²) in [7, 11) is 2.04. The molecule has 0 aliphatic heterocycles. The lowest BCUT2D eigenvalue weighted by atomic mass is 9.81. The van der Waals surface area contributed by atoms with Gasteiger partial charge in [0.05, 0.1) is 0 Å². The van der Waals surface area contributed by atoms with Crippen LogP contribution in [-0.4, -0.2) is 22.6 Å². The van der Waals surface area contributed by atoms with E-state index in [9.17, 15) is 0 Å². The van der Waals surface area contributed by atoms with Crippen molar-refractivity contribution in [1.29, 1.82) is 0 Å². The van der Waals surface area contributed by atoms with E-state index >= 15 is 0 Å². The Labute approximate surface area is 99.3 Å². The first-order chi connectivity index (χ1) is 7.43. The van der Waals surface area contributed by atoms with Gasteiger partial charge in [-0.25, -0.2) is 4.98 Å². The maximum Gasteiger partial charge on any atom is 0.109 e. The topological polar surface area (TPSA) is 29.9 Å². The van der Waals surface area contributed by atoms with E-state index in [0.717, 1.165) is 25.3 Å². The maximum absolute atomic E-state index is 4.31. The van der Waals surface area contributed by atoms with Gasteiger partial charge in [0.2, 0.25) is 0 Å². The Morgan fingerprint density at radius 3 is 2.62 bits per heavy atom. The number of rotatable bonds is 6. The first-order valence-corrected chi connectivity index (χ1v) is 6.10. The normalized spacial score (nSPS) is 12.4. The van der Waals surface area contributed by atoms with Crippen LogP contribution in [0, 0.1) is 11.3 Å². The molecular formula is C13H25N3. The third-order valence-electron chi connectivity index (χ3n) is 3.59. The Kier molecular flexibility index (Phi) is 4.54. The molecule has 1 N–H and O–H groups in total. The minimum Gasteiger partial charge on any atom is -0.338 e. The van der Waals surface area contributed by atoms with Gasteiger partial charge in [-0.2, -0.15) is 0 Å². The van der Waals surface area contributed by atoms with E-state index in [0.29, 0.717) is 11.3 Å². The monoisotopic (exact) mass is 223 g/mol. The summed E-state index contributed by atoms with van der Waals surface area (Å²) in [5.74, 6) is 1.85. The SMILES string of the molecule is CC(C)C(C)(C)CNCCc1nccn1C. The molecule has 0 unspecified atom stereocenters. The van der Waals surface area contributed by atoms with E-state index in [1.165, 1.54) is 0 Å². The van der Waals surface area contributed by atoms with Crippen molar-refractivity contribution < 1.29 is 0 Å². The number of aryl methyl sites for hydroxylation is 1. The first-order valence-electron chi connectivity index (χ1n) is 6.10. The Hall–Kier alpha value is -0.830. The largest absolute Gasteiger partial charge is 0.338 e. The molecule has 0 aromatic carbocycles. The fraction of sp³-hybridized carbons (Fsp3) is 0.769. The Bertz CT molecular complexity index is 313. The van der Waals surface area contributed by atoms with Gasteiger partial charge in [0.15, 0.2) is 0 Å². The van der Waals surface area contributed by atoms with Crippen LogP contribution in [0.15, 0.2) is 12.4 Å². The van der Waals surface area contributed by atoms with Gasteiger partial charge < -0.3 is 9.88 Å². The van der Waals surface area contributed by atoms with Crippen LogP contribution in [0.1, 0.15) is 33.5 Å². The van der Waals surface area contributed by atoms with Crippen LogP contribution in [0.5, 0.6) is 0 Å². The zero-order valence-electron chi connectivity index (χ0n) is 11.2. The number of aromatic nitrogens is 2. The average molecular weight is 223 g/mol. The third kappa shape index (κ3) is 3.63. The minimum atomic E-state index is 0.363. The van der Waals surface area contributed by atoms with Gasteiger partial charge in [0, 0.05) is 39.0 Å². The second-order valence-corrected chi connectivity index (χ2v) is 5.52. The zero-order valence-corrected chi connectivity index (χ0v) is 11.2. The predicted octanol–water partition coefficient (Wildman–Crippen LogP) is 2.23. The van der Waals surface area contributed by atoms with Gasteiger partial charge in [-0.15, -0.1) is 0 Å². The molecule has 0 atom stereocenters. The molecule has 0 fully saturated rings. The zero-order chi connectivity index (χ0) is 12.2. The van der Waals surface area contributed by atoms with Crippen molar-refractivity contribution >= 4 is 0 Å². The van der Waals surface area contributed by atoms with Crippen LogP contribution in [0.25, 0.3) is 0 Å². The Morgan fingerprint density at radius 2 is 2.12 bits per heavy atom. The molecule has 0 saturated carbocycles. The van der Waals surface area contributed by atoms with Gasteiger partial charge in [0.25, 0.3) is 0 Å². The van der Waals surface area contributed by atoms with E-state index in [2.05, 4.69) is 42.6 Å². The molecule has 16 heavy (non-hydrogen) atoms. The lowest BCUT2D eigenvalue weighted by Crippen LogP contribution is -2.34. The summed E-state index contributed by atoms with van der Waals surface area (Å²) in [6.07, 6.45) is 4.85. The fourth-order valence-corrected chi connectivity index (χ4v) is 1.45. The summed E-state index contributed by atoms with van der Waals surface area (Å²) >= 11 is 0. The summed E-state index contributed by atoms with van der Waals surface area (Å²) < 4.78 is 2.08. The van der Waals surface area contributed by atoms with Gasteiger partial charge in [-0.3, -0.25) is 0 Å². The molecule has 1 heterocycles. The molecule has 0 spiro atoms. The molecule has 0 aliphatic carbocycles. The fourth-order valence-electron chi connectivity index (χ4n) is 1.45. The van der Waals surface area contributed by atoms with Crippen molar-refractivity contribution in [2.75, 3.05) is 13.1 Å². The van der Waals surface area contributed by atoms with Crippen LogP contribution in [-0.2, 0) is 13.5 Å². The molecule has 1 rings (SSSR count). The van der Waals surface area contributed by atoms with Crippen LogP contribution in [0.2, 0.25) is 0 Å². The second-order valence-electron chi connectivity index (χ2n) is 5.52. The number of nitrogens with one attached hydrogen (secondary N) is 1. The summed E-state index contributed by atoms with van der Waals surface area (Å²) in [6.45, 7) is 11.2. The highest BCUT2D eigenvalue weighted by Crippen LogP contribution is 2.24. The second kappa shape index (κ2) is 5.48. The minimum absolute atomic E-state index is 0.363. The van der Waals surface area contributed by atoms with Crippen molar-refractivity contribution in [1.82, 2.24) is 14.9 Å². The molecule has 1 aromatic rings. The van der Waals surface area contributed by atoms with Crippen molar-refractivity contribution in [2.45, 2.75) is 34.1 Å². The first kappa shape index (κ1) is 13.2. The van der Waals surface area contributed by atoms with E-state index in [1.54, 1.807) is 0 Å². The van der Waals surface area contributed by atoms with Crippen molar-refractivity contribution in [3.8, 4) is 0 Å². The third-order valence-corrected chi connectivity index (χ3v) is 3.59. The smallest absolute Gasteiger partial charge is 0.109 e. The van der Waals surface area contributed by atoms with Crippen molar-refractivity contribution in [3.05, 3.63) is 18.2 Å². The molecular weight excluding hydrogens is 198 g/mol. The van der Waals surface area contributed by atoms with E-state index in [4.69, 9.17) is 0 Å². The highest BCUT2D eigenvalue weighted by molar-refractivity contribution is 4.91. The molecule has 0 amide bonds. The highest BCUT2D eigenvalue weighted by Gasteiger charge is 2.21. The van der Waals surface area contributed by atoms with Crippen molar-refractivity contribution in [3.63, 3.8) is 0 Å². The van der Waals surface area contributed by atoms with Crippen molar-refractivity contribution in [2.24, 2.45) is 18.4 Å². The maximum atomic E-state index is 4.31. The summed E-state index contributed by atoms with van der Waals surface area (Å²) in [5.41, 5.74) is 0.363. The number of hydrogen-bond acceptors (Lipinski definition) is 2. The van der Waals surface area contributed by atoms with E-state index in [-0.39, 0.29) is 0 Å². The molecule has 0 bridgehead atoms. The molecule has 0 saturated heterocycles. The molecule has 92 valence electrons. The van der Waals surface area contributed by atoms with E-state index in [1.807, 2.05) is 19.4 Å². The Morgan fingerprint density at radius 1 is 1.44 bits per heavy atom. The molecule has 0 radical (unpaired) electrons. The lowest BCUT2D eigenvalue weighted by molar-refractivity contribution is 0.239. The molecule has 3 heteroatoms. The number of hydrogen-bond donors (Lipinski definition) is 1. The number of imidazole rings is 1. The lowest BCUT2D eigenvalue weighted by Gasteiger charge is -2.29. The summed E-state index contributed by atoms with van der Waals surface area (Å²) in [6, 6.07) is 0. The highest BCUT2D eigenvalue weighted by atomic mass is 15.0. The predicted molar refractivity (Wildman–Crippen MR) is 68.4 cm³/mol. The Balaban J connectivity index is 2.25.